The summed E-state index contributed by atoms with van der Waals surface area (Å²) < 4.78 is 5.45. The molecule has 0 amide bonds. The van der Waals surface area contributed by atoms with Crippen LogP contribution in [0.5, 0.6) is 5.75 Å². The van der Waals surface area contributed by atoms with E-state index < -0.39 is 0 Å². The molecule has 0 fully saturated rings. The van der Waals surface area contributed by atoms with Gasteiger partial charge in [0.2, 0.25) is 0 Å². The Kier molecular flexibility index (Phi) is 4.68. The van der Waals surface area contributed by atoms with Gasteiger partial charge in [-0.05, 0) is 73.4 Å². The van der Waals surface area contributed by atoms with E-state index in [1.807, 2.05) is 0 Å². The number of rotatable bonds is 4. The van der Waals surface area contributed by atoms with E-state index in [9.17, 15) is 0 Å². The lowest BCUT2D eigenvalue weighted by Crippen LogP contribution is -2.05. The first-order chi connectivity index (χ1) is 9.15. The van der Waals surface area contributed by atoms with Gasteiger partial charge in [0.05, 0.1) is 7.11 Å². The SMILES string of the molecule is CCCC1CC=C(c2cc(C)c(OC)c(C)c2)CC1. The summed E-state index contributed by atoms with van der Waals surface area (Å²) in [5.74, 6) is 1.94. The molecule has 0 bridgehead atoms. The highest BCUT2D eigenvalue weighted by molar-refractivity contribution is 5.68. The molecule has 2 rings (SSSR count). The maximum atomic E-state index is 5.45. The summed E-state index contributed by atoms with van der Waals surface area (Å²) in [6.45, 7) is 6.56. The molecule has 0 aliphatic heterocycles. The number of benzene rings is 1. The Bertz CT molecular complexity index is 448. The molecular weight excluding hydrogens is 232 g/mol. The fraction of sp³-hybridized carbons (Fsp3) is 0.556. The summed E-state index contributed by atoms with van der Waals surface area (Å²) in [5.41, 5.74) is 5.41. The van der Waals surface area contributed by atoms with Crippen LogP contribution in [0.4, 0.5) is 0 Å². The average Bonchev–Trinajstić information content (AvgIpc) is 2.39. The molecule has 0 saturated carbocycles. The van der Waals surface area contributed by atoms with Crippen molar-refractivity contribution in [2.75, 3.05) is 7.11 Å². The third kappa shape index (κ3) is 3.20. The Balaban J connectivity index is 2.20. The standard InChI is InChI=1S/C18H26O/c1-5-6-15-7-9-16(10-8-15)17-11-13(2)18(19-4)14(3)12-17/h9,11-12,15H,5-8,10H2,1-4H3. The molecule has 1 aromatic rings. The molecular formula is C18H26O. The van der Waals surface area contributed by atoms with E-state index in [0.717, 1.165) is 11.7 Å². The maximum absolute atomic E-state index is 5.45. The molecule has 1 nitrogen and oxygen atoms in total. The van der Waals surface area contributed by atoms with Crippen LogP contribution >= 0.6 is 0 Å². The molecule has 0 spiro atoms. The summed E-state index contributed by atoms with van der Waals surface area (Å²) in [5, 5.41) is 0. The van der Waals surface area contributed by atoms with Crippen LogP contribution in [-0.2, 0) is 0 Å². The number of aryl methyl sites for hydroxylation is 2. The summed E-state index contributed by atoms with van der Waals surface area (Å²) in [4.78, 5) is 0. The lowest BCUT2D eigenvalue weighted by Gasteiger charge is -2.22. The van der Waals surface area contributed by atoms with Crippen LogP contribution in [0.3, 0.4) is 0 Å². The zero-order valence-electron chi connectivity index (χ0n) is 12.8. The maximum Gasteiger partial charge on any atom is 0.124 e. The van der Waals surface area contributed by atoms with Gasteiger partial charge in [-0.2, -0.15) is 0 Å². The van der Waals surface area contributed by atoms with Crippen molar-refractivity contribution in [2.45, 2.75) is 52.9 Å². The fourth-order valence-electron chi connectivity index (χ4n) is 3.28. The van der Waals surface area contributed by atoms with Crippen LogP contribution < -0.4 is 4.74 Å². The van der Waals surface area contributed by atoms with E-state index in [1.165, 1.54) is 54.4 Å². The fourth-order valence-corrected chi connectivity index (χ4v) is 3.28. The number of allylic oxidation sites excluding steroid dienone is 2. The van der Waals surface area contributed by atoms with Gasteiger partial charge in [-0.1, -0.05) is 25.8 Å². The summed E-state index contributed by atoms with van der Waals surface area (Å²) in [6.07, 6.45) is 9.00. The first kappa shape index (κ1) is 14.2. The van der Waals surface area contributed by atoms with Crippen LogP contribution in [0.25, 0.3) is 5.57 Å². The second-order valence-electron chi connectivity index (χ2n) is 5.80. The monoisotopic (exact) mass is 258 g/mol. The van der Waals surface area contributed by atoms with Gasteiger partial charge in [0.25, 0.3) is 0 Å². The highest BCUT2D eigenvalue weighted by Gasteiger charge is 2.16. The minimum Gasteiger partial charge on any atom is -0.496 e. The first-order valence-corrected chi connectivity index (χ1v) is 7.50. The lowest BCUT2D eigenvalue weighted by molar-refractivity contribution is 0.408. The zero-order chi connectivity index (χ0) is 13.8. The number of hydrogen-bond donors (Lipinski definition) is 0. The first-order valence-electron chi connectivity index (χ1n) is 7.50. The topological polar surface area (TPSA) is 9.23 Å². The Labute approximate surface area is 117 Å². The normalized spacial score (nSPS) is 19.2. The predicted octanol–water partition coefficient (Wildman–Crippen LogP) is 5.30. The minimum absolute atomic E-state index is 0.911. The molecule has 0 N–H and O–H groups in total. The van der Waals surface area contributed by atoms with Gasteiger partial charge in [-0.25, -0.2) is 0 Å². The molecule has 1 heteroatoms. The molecule has 1 unspecified atom stereocenters. The highest BCUT2D eigenvalue weighted by atomic mass is 16.5. The Hall–Kier alpha value is -1.24. The second kappa shape index (κ2) is 6.27. The minimum atomic E-state index is 0.911. The lowest BCUT2D eigenvalue weighted by atomic mass is 9.84. The van der Waals surface area contributed by atoms with Crippen LogP contribution in [0.15, 0.2) is 18.2 Å². The largest absolute Gasteiger partial charge is 0.496 e. The second-order valence-corrected chi connectivity index (χ2v) is 5.80. The van der Waals surface area contributed by atoms with E-state index in [2.05, 4.69) is 39.0 Å². The van der Waals surface area contributed by atoms with Gasteiger partial charge in [-0.15, -0.1) is 0 Å². The van der Waals surface area contributed by atoms with E-state index in [4.69, 9.17) is 4.74 Å². The van der Waals surface area contributed by atoms with Crippen molar-refractivity contribution >= 4 is 5.57 Å². The van der Waals surface area contributed by atoms with Gasteiger partial charge in [0, 0.05) is 0 Å². The molecule has 1 aliphatic carbocycles. The number of ether oxygens (including phenoxy) is 1. The van der Waals surface area contributed by atoms with Crippen LogP contribution in [0.2, 0.25) is 0 Å². The summed E-state index contributed by atoms with van der Waals surface area (Å²) >= 11 is 0. The van der Waals surface area contributed by atoms with Gasteiger partial charge >= 0.3 is 0 Å². The van der Waals surface area contributed by atoms with E-state index in [1.54, 1.807) is 7.11 Å². The molecule has 1 atom stereocenters. The van der Waals surface area contributed by atoms with Crippen LogP contribution in [-0.4, -0.2) is 7.11 Å². The van der Waals surface area contributed by atoms with Crippen molar-refractivity contribution in [3.8, 4) is 5.75 Å². The average molecular weight is 258 g/mol. The van der Waals surface area contributed by atoms with Gasteiger partial charge in [-0.3, -0.25) is 0 Å². The third-order valence-electron chi connectivity index (χ3n) is 4.25. The molecule has 104 valence electrons. The van der Waals surface area contributed by atoms with Crippen molar-refractivity contribution < 1.29 is 4.74 Å². The van der Waals surface area contributed by atoms with E-state index in [-0.39, 0.29) is 0 Å². The van der Waals surface area contributed by atoms with Crippen LogP contribution in [0, 0.1) is 19.8 Å². The predicted molar refractivity (Wildman–Crippen MR) is 82.7 cm³/mol. The van der Waals surface area contributed by atoms with Gasteiger partial charge in [0.1, 0.15) is 5.75 Å². The molecule has 0 heterocycles. The van der Waals surface area contributed by atoms with Crippen molar-refractivity contribution in [3.63, 3.8) is 0 Å². The molecule has 1 aliphatic rings. The van der Waals surface area contributed by atoms with Crippen molar-refractivity contribution in [3.05, 3.63) is 34.9 Å². The number of hydrogen-bond acceptors (Lipinski definition) is 1. The summed E-state index contributed by atoms with van der Waals surface area (Å²) in [7, 11) is 1.75. The van der Waals surface area contributed by atoms with E-state index >= 15 is 0 Å². The van der Waals surface area contributed by atoms with Crippen molar-refractivity contribution in [1.82, 2.24) is 0 Å². The Morgan fingerprint density at radius 1 is 1.21 bits per heavy atom. The molecule has 1 aromatic carbocycles. The summed E-state index contributed by atoms with van der Waals surface area (Å²) in [6, 6.07) is 4.55. The third-order valence-corrected chi connectivity index (χ3v) is 4.25. The molecule has 0 saturated heterocycles. The molecule has 19 heavy (non-hydrogen) atoms. The molecule has 0 radical (unpaired) electrons. The zero-order valence-corrected chi connectivity index (χ0v) is 12.8. The highest BCUT2D eigenvalue weighted by Crippen LogP contribution is 2.35. The Morgan fingerprint density at radius 2 is 1.89 bits per heavy atom. The van der Waals surface area contributed by atoms with Crippen molar-refractivity contribution in [2.24, 2.45) is 5.92 Å². The van der Waals surface area contributed by atoms with Gasteiger partial charge in [0.15, 0.2) is 0 Å². The Morgan fingerprint density at radius 3 is 2.37 bits per heavy atom. The van der Waals surface area contributed by atoms with E-state index in [0.29, 0.717) is 0 Å². The van der Waals surface area contributed by atoms with Crippen LogP contribution in [0.1, 0.15) is 55.7 Å². The van der Waals surface area contributed by atoms with Crippen molar-refractivity contribution in [1.29, 1.82) is 0 Å². The quantitative estimate of drug-likeness (QED) is 0.712. The van der Waals surface area contributed by atoms with Gasteiger partial charge < -0.3 is 4.74 Å². The smallest absolute Gasteiger partial charge is 0.124 e. The number of methoxy groups -OCH3 is 1. The molecule has 0 aromatic heterocycles.